The van der Waals surface area contributed by atoms with Gasteiger partial charge in [-0.1, -0.05) is 13.8 Å². The van der Waals surface area contributed by atoms with Crippen molar-refractivity contribution in [1.82, 2.24) is 4.98 Å². The van der Waals surface area contributed by atoms with Gasteiger partial charge in [-0.2, -0.15) is 0 Å². The normalized spacial score (nSPS) is 15.7. The van der Waals surface area contributed by atoms with E-state index in [1.54, 1.807) is 18.5 Å². The molecule has 4 heteroatoms. The molecular formula is C12H18N2O2. The zero-order valence-corrected chi connectivity index (χ0v) is 9.99. The number of pyridine rings is 1. The van der Waals surface area contributed by atoms with E-state index in [0.717, 1.165) is 18.4 Å². The Morgan fingerprint density at radius 1 is 1.50 bits per heavy atom. The summed E-state index contributed by atoms with van der Waals surface area (Å²) in [6.45, 7) is 4.00. The van der Waals surface area contributed by atoms with Crippen LogP contribution in [0.2, 0.25) is 0 Å². The van der Waals surface area contributed by atoms with E-state index in [0.29, 0.717) is 5.69 Å². The number of methoxy groups -OCH3 is 1. The first-order chi connectivity index (χ1) is 7.70. The number of ether oxygens (including phenoxy) is 1. The van der Waals surface area contributed by atoms with Crippen LogP contribution in [0.5, 0.6) is 0 Å². The van der Waals surface area contributed by atoms with Gasteiger partial charge in [-0.25, -0.2) is 0 Å². The molecule has 1 aliphatic rings. The molecule has 1 heterocycles. The van der Waals surface area contributed by atoms with E-state index < -0.39 is 5.41 Å². The zero-order valence-electron chi connectivity index (χ0n) is 9.99. The molecule has 2 N–H and O–H groups in total. The van der Waals surface area contributed by atoms with Crippen molar-refractivity contribution in [2.45, 2.75) is 32.1 Å². The van der Waals surface area contributed by atoms with Crippen LogP contribution in [0.15, 0.2) is 18.5 Å². The van der Waals surface area contributed by atoms with Crippen molar-refractivity contribution in [2.75, 3.05) is 12.8 Å². The highest BCUT2D eigenvalue weighted by Crippen LogP contribution is 2.50. The number of hydrogen-bond donors (Lipinski definition) is 1. The average Bonchev–Trinajstić information content (AvgIpc) is 3.13. The number of nitrogens with two attached hydrogens (primary N) is 1. The number of nitrogen functional groups attached to an aromatic ring is 1. The lowest BCUT2D eigenvalue weighted by atomic mass is 9.96. The molecule has 88 valence electrons. The zero-order chi connectivity index (χ0) is 12.2. The number of hydrogen-bond acceptors (Lipinski definition) is 4. The van der Waals surface area contributed by atoms with E-state index in [1.165, 1.54) is 7.11 Å². The maximum absolute atomic E-state index is 11.6. The monoisotopic (exact) mass is 222 g/mol. The third-order valence-corrected chi connectivity index (χ3v) is 2.69. The first kappa shape index (κ1) is 12.5. The van der Waals surface area contributed by atoms with Crippen molar-refractivity contribution in [3.8, 4) is 0 Å². The summed E-state index contributed by atoms with van der Waals surface area (Å²) < 4.78 is 4.77. The molecule has 0 aliphatic heterocycles. The Kier molecular flexibility index (Phi) is 3.88. The first-order valence-electron chi connectivity index (χ1n) is 5.49. The largest absolute Gasteiger partial charge is 0.468 e. The van der Waals surface area contributed by atoms with Crippen LogP contribution in [0.25, 0.3) is 0 Å². The van der Waals surface area contributed by atoms with Gasteiger partial charge in [-0.15, -0.1) is 0 Å². The number of esters is 1. The van der Waals surface area contributed by atoms with Crippen molar-refractivity contribution in [3.05, 3.63) is 24.0 Å². The Morgan fingerprint density at radius 2 is 2.12 bits per heavy atom. The minimum Gasteiger partial charge on any atom is -0.468 e. The van der Waals surface area contributed by atoms with Gasteiger partial charge in [0.05, 0.1) is 24.4 Å². The van der Waals surface area contributed by atoms with Gasteiger partial charge in [0.25, 0.3) is 0 Å². The van der Waals surface area contributed by atoms with E-state index in [4.69, 9.17) is 10.5 Å². The summed E-state index contributed by atoms with van der Waals surface area (Å²) in [5.74, 6) is -0.199. The maximum Gasteiger partial charge on any atom is 0.316 e. The van der Waals surface area contributed by atoms with Gasteiger partial charge in [0.15, 0.2) is 0 Å². The summed E-state index contributed by atoms with van der Waals surface area (Å²) in [5, 5.41) is 0. The highest BCUT2D eigenvalue weighted by molar-refractivity contribution is 5.88. The summed E-state index contributed by atoms with van der Waals surface area (Å²) in [5.41, 5.74) is 6.70. The fourth-order valence-electron chi connectivity index (χ4n) is 1.75. The second-order valence-corrected chi connectivity index (χ2v) is 3.54. The smallest absolute Gasteiger partial charge is 0.316 e. The highest BCUT2D eigenvalue weighted by atomic mass is 16.5. The molecule has 1 fully saturated rings. The fourth-order valence-corrected chi connectivity index (χ4v) is 1.75. The summed E-state index contributed by atoms with van der Waals surface area (Å²) in [7, 11) is 1.40. The van der Waals surface area contributed by atoms with E-state index in [1.807, 2.05) is 13.8 Å². The number of rotatable bonds is 2. The Hall–Kier alpha value is -1.58. The minimum atomic E-state index is -0.484. The van der Waals surface area contributed by atoms with Crippen LogP contribution in [-0.4, -0.2) is 18.1 Å². The number of anilines is 1. The molecule has 0 aromatic carbocycles. The summed E-state index contributed by atoms with van der Waals surface area (Å²) >= 11 is 0. The summed E-state index contributed by atoms with van der Waals surface area (Å²) in [4.78, 5) is 15.4. The van der Waals surface area contributed by atoms with Crippen molar-refractivity contribution < 1.29 is 9.53 Å². The SMILES string of the molecule is CC.COC(=O)C1(c2ccncc2N)CC1. The first-order valence-corrected chi connectivity index (χ1v) is 5.49. The van der Waals surface area contributed by atoms with Gasteiger partial charge in [0.2, 0.25) is 0 Å². The molecule has 0 unspecified atom stereocenters. The van der Waals surface area contributed by atoms with E-state index in [-0.39, 0.29) is 5.97 Å². The number of aromatic nitrogens is 1. The van der Waals surface area contributed by atoms with Gasteiger partial charge in [-0.3, -0.25) is 9.78 Å². The highest BCUT2D eigenvalue weighted by Gasteiger charge is 2.53. The molecule has 2 rings (SSSR count). The molecule has 1 aromatic rings. The van der Waals surface area contributed by atoms with Crippen molar-refractivity contribution in [3.63, 3.8) is 0 Å². The van der Waals surface area contributed by atoms with Crippen LogP contribution >= 0.6 is 0 Å². The topological polar surface area (TPSA) is 65.2 Å². The van der Waals surface area contributed by atoms with Crippen LogP contribution in [0.3, 0.4) is 0 Å². The molecule has 0 atom stereocenters. The third kappa shape index (κ3) is 2.01. The van der Waals surface area contributed by atoms with Gasteiger partial charge in [0, 0.05) is 6.20 Å². The molecule has 16 heavy (non-hydrogen) atoms. The van der Waals surface area contributed by atoms with Gasteiger partial charge >= 0.3 is 5.97 Å². The second-order valence-electron chi connectivity index (χ2n) is 3.54. The van der Waals surface area contributed by atoms with Crippen LogP contribution < -0.4 is 5.73 Å². The summed E-state index contributed by atoms with van der Waals surface area (Å²) in [6, 6.07) is 1.79. The van der Waals surface area contributed by atoms with Crippen LogP contribution in [-0.2, 0) is 14.9 Å². The predicted octanol–water partition coefficient (Wildman–Crippen LogP) is 1.89. The van der Waals surface area contributed by atoms with E-state index in [9.17, 15) is 4.79 Å². The molecule has 0 spiro atoms. The molecule has 0 bridgehead atoms. The molecule has 0 saturated heterocycles. The molecule has 1 aromatic heterocycles. The maximum atomic E-state index is 11.6. The Morgan fingerprint density at radius 3 is 2.56 bits per heavy atom. The van der Waals surface area contributed by atoms with Crippen LogP contribution in [0.1, 0.15) is 32.3 Å². The molecule has 0 amide bonds. The molecule has 1 aliphatic carbocycles. The fraction of sp³-hybridized carbons (Fsp3) is 0.500. The number of carbonyl (C=O) groups excluding carboxylic acids is 1. The lowest BCUT2D eigenvalue weighted by Crippen LogP contribution is -2.23. The van der Waals surface area contributed by atoms with E-state index in [2.05, 4.69) is 4.98 Å². The van der Waals surface area contributed by atoms with Crippen LogP contribution in [0.4, 0.5) is 5.69 Å². The Labute approximate surface area is 95.8 Å². The molecule has 0 radical (unpaired) electrons. The number of nitrogens with zero attached hydrogens (tertiary/aromatic N) is 1. The summed E-state index contributed by atoms with van der Waals surface area (Å²) in [6.07, 6.45) is 4.84. The number of carbonyl (C=O) groups is 1. The Balaban J connectivity index is 0.000000606. The lowest BCUT2D eigenvalue weighted by molar-refractivity contribution is -0.143. The van der Waals surface area contributed by atoms with Crippen molar-refractivity contribution in [2.24, 2.45) is 0 Å². The molecule has 4 nitrogen and oxygen atoms in total. The Bertz CT molecular complexity index is 373. The molecular weight excluding hydrogens is 204 g/mol. The molecule has 1 saturated carbocycles. The predicted molar refractivity (Wildman–Crippen MR) is 62.9 cm³/mol. The van der Waals surface area contributed by atoms with Gasteiger partial charge in [-0.05, 0) is 24.5 Å². The van der Waals surface area contributed by atoms with Gasteiger partial charge < -0.3 is 10.5 Å². The van der Waals surface area contributed by atoms with Crippen LogP contribution in [0, 0.1) is 0 Å². The van der Waals surface area contributed by atoms with Gasteiger partial charge in [0.1, 0.15) is 0 Å². The minimum absolute atomic E-state index is 0.199. The standard InChI is InChI=1S/C10H12N2O2.C2H6/c1-14-9(13)10(3-4-10)7-2-5-12-6-8(7)11;1-2/h2,5-6H,3-4,11H2,1H3;1-2H3. The third-order valence-electron chi connectivity index (χ3n) is 2.69. The lowest BCUT2D eigenvalue weighted by Gasteiger charge is -2.14. The quantitative estimate of drug-likeness (QED) is 0.776. The average molecular weight is 222 g/mol. The van der Waals surface area contributed by atoms with Crippen molar-refractivity contribution >= 4 is 11.7 Å². The second kappa shape index (κ2) is 4.96. The van der Waals surface area contributed by atoms with Crippen molar-refractivity contribution in [1.29, 1.82) is 0 Å². The van der Waals surface area contributed by atoms with E-state index >= 15 is 0 Å².